The smallest absolute Gasteiger partial charge is 0.242 e. The maximum atomic E-state index is 11.8. The average Bonchev–Trinajstić information content (AvgIpc) is 2.20. The molecule has 2 N–H and O–H groups in total. The molecule has 2 atom stereocenters. The highest BCUT2D eigenvalue weighted by molar-refractivity contribution is 9.10. The van der Waals surface area contributed by atoms with Crippen molar-refractivity contribution in [1.82, 2.24) is 10.6 Å². The zero-order valence-electron chi connectivity index (χ0n) is 8.46. The third-order valence-electron chi connectivity index (χ3n) is 2.50. The summed E-state index contributed by atoms with van der Waals surface area (Å²) in [5, 5.41) is 6.17. The summed E-state index contributed by atoms with van der Waals surface area (Å²) in [5.74, 6) is 0.0423. The Kier molecular flexibility index (Phi) is 3.07. The second-order valence-electron chi connectivity index (χ2n) is 3.77. The summed E-state index contributed by atoms with van der Waals surface area (Å²) in [6, 6.07) is 7.75. The van der Waals surface area contributed by atoms with Crippen molar-refractivity contribution >= 4 is 21.8 Å². The van der Waals surface area contributed by atoms with Gasteiger partial charge in [0.1, 0.15) is 6.04 Å². The van der Waals surface area contributed by atoms with Gasteiger partial charge < -0.3 is 10.6 Å². The maximum absolute atomic E-state index is 11.8. The zero-order valence-corrected chi connectivity index (χ0v) is 10.0. The summed E-state index contributed by atoms with van der Waals surface area (Å²) >= 11 is 3.45. The van der Waals surface area contributed by atoms with Crippen LogP contribution in [0.4, 0.5) is 0 Å². The molecule has 0 bridgehead atoms. The predicted molar refractivity (Wildman–Crippen MR) is 62.5 cm³/mol. The number of carbonyl (C=O) groups is 1. The van der Waals surface area contributed by atoms with Crippen LogP contribution in [0.5, 0.6) is 0 Å². The van der Waals surface area contributed by atoms with Crippen molar-refractivity contribution in [2.75, 3.05) is 6.54 Å². The third-order valence-corrected chi connectivity index (χ3v) is 3.22. The number of benzene rings is 1. The Morgan fingerprint density at radius 3 is 2.80 bits per heavy atom. The summed E-state index contributed by atoms with van der Waals surface area (Å²) in [6.45, 7) is 2.79. The number of amides is 1. The number of hydrogen-bond acceptors (Lipinski definition) is 2. The van der Waals surface area contributed by atoms with Gasteiger partial charge in [0.05, 0.1) is 0 Å². The molecule has 80 valence electrons. The summed E-state index contributed by atoms with van der Waals surface area (Å²) < 4.78 is 0.965. The van der Waals surface area contributed by atoms with E-state index in [9.17, 15) is 4.79 Å². The molecule has 2 unspecified atom stereocenters. The molecule has 15 heavy (non-hydrogen) atoms. The largest absolute Gasteiger partial charge is 0.351 e. The fourth-order valence-corrected chi connectivity index (χ4v) is 2.24. The first-order valence-corrected chi connectivity index (χ1v) is 5.76. The predicted octanol–water partition coefficient (Wildman–Crippen LogP) is 1.60. The van der Waals surface area contributed by atoms with E-state index in [1.807, 2.05) is 31.2 Å². The molecule has 1 aliphatic heterocycles. The van der Waals surface area contributed by atoms with E-state index in [-0.39, 0.29) is 18.0 Å². The van der Waals surface area contributed by atoms with E-state index in [0.29, 0.717) is 0 Å². The van der Waals surface area contributed by atoms with E-state index in [1.54, 1.807) is 0 Å². The highest BCUT2D eigenvalue weighted by Crippen LogP contribution is 2.24. The summed E-state index contributed by atoms with van der Waals surface area (Å²) in [5.41, 5.74) is 0.988. The Morgan fingerprint density at radius 2 is 2.13 bits per heavy atom. The Balaban J connectivity index is 2.24. The van der Waals surface area contributed by atoms with E-state index < -0.39 is 0 Å². The summed E-state index contributed by atoms with van der Waals surface area (Å²) in [7, 11) is 0. The van der Waals surface area contributed by atoms with E-state index in [0.717, 1.165) is 16.6 Å². The van der Waals surface area contributed by atoms with Crippen LogP contribution < -0.4 is 10.6 Å². The van der Waals surface area contributed by atoms with E-state index in [4.69, 9.17) is 0 Å². The van der Waals surface area contributed by atoms with Gasteiger partial charge in [-0.3, -0.25) is 4.79 Å². The van der Waals surface area contributed by atoms with Gasteiger partial charge in [0.25, 0.3) is 0 Å². The number of rotatable bonds is 1. The molecule has 1 aliphatic rings. The molecule has 0 aliphatic carbocycles. The Bertz CT molecular complexity index is 381. The number of carbonyl (C=O) groups excluding carboxylic acids is 1. The first-order chi connectivity index (χ1) is 7.18. The molecule has 1 amide bonds. The van der Waals surface area contributed by atoms with Crippen molar-refractivity contribution in [3.63, 3.8) is 0 Å². The van der Waals surface area contributed by atoms with Gasteiger partial charge in [-0.15, -0.1) is 0 Å². The minimum Gasteiger partial charge on any atom is -0.351 e. The molecule has 0 radical (unpaired) electrons. The van der Waals surface area contributed by atoms with Crippen LogP contribution in [0.25, 0.3) is 0 Å². The summed E-state index contributed by atoms with van der Waals surface area (Å²) in [6.07, 6.45) is 0. The van der Waals surface area contributed by atoms with Crippen molar-refractivity contribution in [2.24, 2.45) is 0 Å². The van der Waals surface area contributed by atoms with Gasteiger partial charge in [0.2, 0.25) is 5.91 Å². The lowest BCUT2D eigenvalue weighted by molar-refractivity contribution is -0.125. The first-order valence-electron chi connectivity index (χ1n) is 4.96. The van der Waals surface area contributed by atoms with Crippen molar-refractivity contribution in [3.05, 3.63) is 34.3 Å². The molecule has 0 aromatic heterocycles. The highest BCUT2D eigenvalue weighted by Gasteiger charge is 2.27. The maximum Gasteiger partial charge on any atom is 0.242 e. The van der Waals surface area contributed by atoms with Gasteiger partial charge in [0, 0.05) is 17.1 Å². The fraction of sp³-hybridized carbons (Fsp3) is 0.364. The molecule has 1 aromatic rings. The second-order valence-corrected chi connectivity index (χ2v) is 4.63. The molecule has 1 saturated heterocycles. The van der Waals surface area contributed by atoms with Crippen molar-refractivity contribution in [1.29, 1.82) is 0 Å². The van der Waals surface area contributed by atoms with Gasteiger partial charge in [-0.2, -0.15) is 0 Å². The Labute approximate surface area is 97.4 Å². The third kappa shape index (κ3) is 2.21. The van der Waals surface area contributed by atoms with E-state index in [1.165, 1.54) is 0 Å². The van der Waals surface area contributed by atoms with Crippen molar-refractivity contribution in [3.8, 4) is 0 Å². The van der Waals surface area contributed by atoms with Crippen molar-refractivity contribution in [2.45, 2.75) is 19.0 Å². The Hall–Kier alpha value is -0.870. The molecule has 1 fully saturated rings. The molecular weight excluding hydrogens is 256 g/mol. The monoisotopic (exact) mass is 268 g/mol. The first kappa shape index (κ1) is 10.6. The van der Waals surface area contributed by atoms with Crippen LogP contribution in [0.15, 0.2) is 28.7 Å². The quantitative estimate of drug-likeness (QED) is 0.813. The molecular formula is C11H13BrN2O. The number of hydrogen-bond donors (Lipinski definition) is 2. The van der Waals surface area contributed by atoms with Gasteiger partial charge in [0.15, 0.2) is 0 Å². The molecule has 0 saturated carbocycles. The van der Waals surface area contributed by atoms with Crippen LogP contribution in [0.3, 0.4) is 0 Å². The standard InChI is InChI=1S/C11H13BrN2O/c1-7-6-13-10(11(15)14-7)8-4-2-3-5-9(8)12/h2-5,7,10,13H,6H2,1H3,(H,14,15). The normalized spacial score (nSPS) is 26.1. The fourth-order valence-electron chi connectivity index (χ4n) is 1.72. The molecule has 1 heterocycles. The van der Waals surface area contributed by atoms with Gasteiger partial charge >= 0.3 is 0 Å². The lowest BCUT2D eigenvalue weighted by atomic mass is 10.0. The van der Waals surface area contributed by atoms with Crippen LogP contribution >= 0.6 is 15.9 Å². The minimum atomic E-state index is -0.239. The van der Waals surface area contributed by atoms with Crippen LogP contribution in [-0.2, 0) is 4.79 Å². The van der Waals surface area contributed by atoms with Crippen LogP contribution in [-0.4, -0.2) is 18.5 Å². The van der Waals surface area contributed by atoms with Crippen molar-refractivity contribution < 1.29 is 4.79 Å². The zero-order chi connectivity index (χ0) is 10.8. The molecule has 4 heteroatoms. The van der Waals surface area contributed by atoms with E-state index in [2.05, 4.69) is 26.6 Å². The topological polar surface area (TPSA) is 41.1 Å². The lowest BCUT2D eigenvalue weighted by Crippen LogP contribution is -2.52. The minimum absolute atomic E-state index is 0.0423. The lowest BCUT2D eigenvalue weighted by Gasteiger charge is -2.29. The number of piperazine rings is 1. The average molecular weight is 269 g/mol. The van der Waals surface area contributed by atoms with Crippen LogP contribution in [0.2, 0.25) is 0 Å². The van der Waals surface area contributed by atoms with Gasteiger partial charge in [-0.1, -0.05) is 34.1 Å². The van der Waals surface area contributed by atoms with Gasteiger partial charge in [-0.05, 0) is 18.6 Å². The van der Waals surface area contributed by atoms with Crippen LogP contribution in [0, 0.1) is 0 Å². The molecule has 2 rings (SSSR count). The molecule has 1 aromatic carbocycles. The summed E-state index contributed by atoms with van der Waals surface area (Å²) in [4.78, 5) is 11.8. The SMILES string of the molecule is CC1CNC(c2ccccc2Br)C(=O)N1. The van der Waals surface area contributed by atoms with Gasteiger partial charge in [-0.25, -0.2) is 0 Å². The molecule has 0 spiro atoms. The second kappa shape index (κ2) is 4.33. The molecule has 3 nitrogen and oxygen atoms in total. The highest BCUT2D eigenvalue weighted by atomic mass is 79.9. The van der Waals surface area contributed by atoms with E-state index >= 15 is 0 Å². The number of halogens is 1. The Morgan fingerprint density at radius 1 is 1.40 bits per heavy atom. The number of nitrogens with one attached hydrogen (secondary N) is 2. The van der Waals surface area contributed by atoms with Crippen LogP contribution in [0.1, 0.15) is 18.5 Å².